The topological polar surface area (TPSA) is 96.4 Å². The van der Waals surface area contributed by atoms with E-state index < -0.39 is 0 Å². The molecule has 3 aromatic heterocycles. The monoisotopic (exact) mass is 499 g/mol. The summed E-state index contributed by atoms with van der Waals surface area (Å²) in [7, 11) is 0. The summed E-state index contributed by atoms with van der Waals surface area (Å²) in [6.45, 7) is 5.02. The van der Waals surface area contributed by atoms with Crippen LogP contribution in [0.1, 0.15) is 6.42 Å². The predicted octanol–water partition coefficient (Wildman–Crippen LogP) is 4.58. The number of para-hydroxylation sites is 1. The van der Waals surface area contributed by atoms with Crippen LogP contribution in [0.25, 0.3) is 11.0 Å². The molecule has 10 heteroatoms. The summed E-state index contributed by atoms with van der Waals surface area (Å²) >= 11 is 6.46. The third-order valence-corrected chi connectivity index (χ3v) is 6.79. The number of amides is 1. The van der Waals surface area contributed by atoms with E-state index in [0.717, 1.165) is 18.8 Å². The van der Waals surface area contributed by atoms with Crippen molar-refractivity contribution in [1.82, 2.24) is 24.8 Å². The third-order valence-electron chi connectivity index (χ3n) is 6.50. The molecule has 0 saturated carbocycles. The van der Waals surface area contributed by atoms with Gasteiger partial charge in [0.2, 0.25) is 5.91 Å². The highest BCUT2D eigenvalue weighted by molar-refractivity contribution is 6.32. The number of anilines is 3. The van der Waals surface area contributed by atoms with Crippen molar-refractivity contribution in [3.05, 3.63) is 78.7 Å². The van der Waals surface area contributed by atoms with Crippen molar-refractivity contribution in [2.75, 3.05) is 23.3 Å². The van der Waals surface area contributed by atoms with E-state index in [2.05, 4.69) is 31.7 Å². The Kier molecular flexibility index (Phi) is 5.61. The maximum absolute atomic E-state index is 12.1. The van der Waals surface area contributed by atoms with E-state index in [9.17, 15) is 4.79 Å². The van der Waals surface area contributed by atoms with Crippen molar-refractivity contribution in [2.45, 2.75) is 18.5 Å². The molecule has 2 atom stereocenters. The molecule has 5 heterocycles. The van der Waals surface area contributed by atoms with Crippen molar-refractivity contribution in [1.29, 1.82) is 0 Å². The van der Waals surface area contributed by atoms with Gasteiger partial charge in [-0.15, -0.1) is 0 Å². The number of benzene rings is 1. The van der Waals surface area contributed by atoms with Crippen LogP contribution in [0, 0.1) is 0 Å². The van der Waals surface area contributed by atoms with Gasteiger partial charge in [0, 0.05) is 19.2 Å². The summed E-state index contributed by atoms with van der Waals surface area (Å²) in [5.41, 5.74) is 1.33. The number of pyridine rings is 2. The molecule has 6 rings (SSSR count). The molecule has 1 aromatic carbocycles. The van der Waals surface area contributed by atoms with Gasteiger partial charge in [0.05, 0.1) is 28.8 Å². The Labute approximate surface area is 212 Å². The van der Waals surface area contributed by atoms with Gasteiger partial charge in [-0.3, -0.25) is 4.79 Å². The molecular weight excluding hydrogens is 478 g/mol. The van der Waals surface area contributed by atoms with Crippen LogP contribution in [-0.4, -0.2) is 55.9 Å². The van der Waals surface area contributed by atoms with Gasteiger partial charge in [-0.2, -0.15) is 0 Å². The molecule has 1 N–H and O–H groups in total. The van der Waals surface area contributed by atoms with Crippen LogP contribution >= 0.6 is 11.6 Å². The molecule has 2 fully saturated rings. The summed E-state index contributed by atoms with van der Waals surface area (Å²) < 4.78 is 5.82. The number of ether oxygens (including phenoxy) is 1. The Bertz CT molecular complexity index is 1470. The number of nitrogens with one attached hydrogen (secondary N) is 1. The van der Waals surface area contributed by atoms with E-state index in [1.165, 1.54) is 12.4 Å². The molecule has 0 radical (unpaired) electrons. The smallest absolute Gasteiger partial charge is 0.246 e. The summed E-state index contributed by atoms with van der Waals surface area (Å²) in [6, 6.07) is 15.4. The van der Waals surface area contributed by atoms with Crippen LogP contribution in [-0.2, 0) is 4.79 Å². The van der Waals surface area contributed by atoms with E-state index in [0.29, 0.717) is 45.7 Å². The van der Waals surface area contributed by atoms with Gasteiger partial charge in [-0.25, -0.2) is 19.9 Å². The zero-order valence-corrected chi connectivity index (χ0v) is 20.0. The molecule has 36 heavy (non-hydrogen) atoms. The number of piperazine rings is 1. The lowest BCUT2D eigenvalue weighted by Gasteiger charge is -2.34. The highest BCUT2D eigenvalue weighted by Gasteiger charge is 2.45. The Morgan fingerprint density at radius 3 is 2.72 bits per heavy atom. The fraction of sp³-hybridized carbons (Fsp3) is 0.192. The van der Waals surface area contributed by atoms with Gasteiger partial charge in [-0.1, -0.05) is 36.4 Å². The van der Waals surface area contributed by atoms with E-state index >= 15 is 0 Å². The summed E-state index contributed by atoms with van der Waals surface area (Å²) in [5.74, 6) is 2.97. The standard InChI is InChI=1S/C26H22ClN7O2/c1-2-24(35)34-14-16-10-17(34)13-33(16)23-9-8-20-25(32-23)26(30-15-29-20)31-22-11-19(27)21(12-28-22)36-18-6-4-3-5-7-18/h2-9,11-12,15-17H,1,10,13-14H2,(H,28,29,30,31)/t16-,17-/m0/s1. The van der Waals surface area contributed by atoms with Crippen LogP contribution in [0.2, 0.25) is 5.02 Å². The zero-order chi connectivity index (χ0) is 24.6. The van der Waals surface area contributed by atoms with Crippen LogP contribution in [0.3, 0.4) is 0 Å². The maximum Gasteiger partial charge on any atom is 0.246 e. The first-order chi connectivity index (χ1) is 17.6. The van der Waals surface area contributed by atoms with Gasteiger partial charge >= 0.3 is 0 Å². The lowest BCUT2D eigenvalue weighted by molar-refractivity contribution is -0.127. The molecule has 0 spiro atoms. The molecule has 0 aliphatic carbocycles. The number of halogens is 1. The van der Waals surface area contributed by atoms with Crippen LogP contribution in [0.5, 0.6) is 11.5 Å². The van der Waals surface area contributed by atoms with Crippen molar-refractivity contribution in [2.24, 2.45) is 0 Å². The van der Waals surface area contributed by atoms with Crippen LogP contribution < -0.4 is 15.0 Å². The summed E-state index contributed by atoms with van der Waals surface area (Å²) in [5, 5.41) is 3.63. The number of hydrogen-bond donors (Lipinski definition) is 1. The molecule has 2 aliphatic heterocycles. The first-order valence-electron chi connectivity index (χ1n) is 11.6. The van der Waals surface area contributed by atoms with E-state index in [4.69, 9.17) is 21.3 Å². The number of carbonyl (C=O) groups excluding carboxylic acids is 1. The number of aromatic nitrogens is 4. The SMILES string of the molecule is C=CC(=O)N1C[C@@H]2C[C@H]1CN2c1ccc2ncnc(Nc3cc(Cl)c(Oc4ccccc4)cn3)c2n1. The fourth-order valence-corrected chi connectivity index (χ4v) is 5.01. The van der Waals surface area contributed by atoms with Gasteiger partial charge in [-0.05, 0) is 36.8 Å². The molecule has 180 valence electrons. The number of fused-ring (bicyclic) bond motifs is 3. The number of hydrogen-bond acceptors (Lipinski definition) is 8. The first kappa shape index (κ1) is 22.2. The molecule has 9 nitrogen and oxygen atoms in total. The average Bonchev–Trinajstić information content (AvgIpc) is 3.52. The number of likely N-dealkylation sites (tertiary alicyclic amines) is 1. The number of carbonyl (C=O) groups is 1. The molecule has 4 aromatic rings. The second kappa shape index (κ2) is 9.09. The van der Waals surface area contributed by atoms with E-state index in [-0.39, 0.29) is 18.0 Å². The van der Waals surface area contributed by atoms with Crippen molar-refractivity contribution >= 4 is 46.0 Å². The van der Waals surface area contributed by atoms with E-state index in [1.54, 1.807) is 12.3 Å². The van der Waals surface area contributed by atoms with Gasteiger partial charge in [0.15, 0.2) is 11.6 Å². The Morgan fingerprint density at radius 1 is 1.11 bits per heavy atom. The molecular formula is C26H22ClN7O2. The van der Waals surface area contributed by atoms with Crippen molar-refractivity contribution < 1.29 is 9.53 Å². The third kappa shape index (κ3) is 4.07. The normalized spacial score (nSPS) is 18.5. The average molecular weight is 500 g/mol. The van der Waals surface area contributed by atoms with Crippen LogP contribution in [0.15, 0.2) is 73.7 Å². The molecule has 1 amide bonds. The maximum atomic E-state index is 12.1. The first-order valence-corrected chi connectivity index (χ1v) is 11.9. The minimum absolute atomic E-state index is 0.0140. The molecule has 2 bridgehead atoms. The number of nitrogens with zero attached hydrogens (tertiary/aromatic N) is 6. The Balaban J connectivity index is 1.24. The largest absolute Gasteiger partial charge is 0.454 e. The minimum atomic E-state index is -0.0140. The Hall–Kier alpha value is -4.24. The minimum Gasteiger partial charge on any atom is -0.454 e. The predicted molar refractivity (Wildman–Crippen MR) is 138 cm³/mol. The highest BCUT2D eigenvalue weighted by atomic mass is 35.5. The highest BCUT2D eigenvalue weighted by Crippen LogP contribution is 2.35. The molecule has 2 saturated heterocycles. The van der Waals surface area contributed by atoms with Gasteiger partial charge in [0.25, 0.3) is 0 Å². The molecule has 0 unspecified atom stereocenters. The van der Waals surface area contributed by atoms with E-state index in [1.807, 2.05) is 47.4 Å². The molecule has 2 aliphatic rings. The van der Waals surface area contributed by atoms with Crippen molar-refractivity contribution in [3.8, 4) is 11.5 Å². The quantitative estimate of drug-likeness (QED) is 0.385. The zero-order valence-electron chi connectivity index (χ0n) is 19.2. The second-order valence-electron chi connectivity index (χ2n) is 8.69. The van der Waals surface area contributed by atoms with Gasteiger partial charge in [0.1, 0.15) is 29.2 Å². The van der Waals surface area contributed by atoms with Crippen molar-refractivity contribution in [3.63, 3.8) is 0 Å². The fourth-order valence-electron chi connectivity index (χ4n) is 4.81. The Morgan fingerprint density at radius 2 is 1.97 bits per heavy atom. The van der Waals surface area contributed by atoms with Crippen LogP contribution in [0.4, 0.5) is 17.5 Å². The summed E-state index contributed by atoms with van der Waals surface area (Å²) in [4.78, 5) is 34.3. The second-order valence-corrected chi connectivity index (χ2v) is 9.10. The summed E-state index contributed by atoms with van der Waals surface area (Å²) in [6.07, 6.45) is 5.36. The lowest BCUT2D eigenvalue weighted by Crippen LogP contribution is -2.48. The lowest BCUT2D eigenvalue weighted by atomic mass is 10.2. The van der Waals surface area contributed by atoms with Gasteiger partial charge < -0.3 is 19.9 Å². The number of rotatable bonds is 6.